The zero-order chi connectivity index (χ0) is 14.7. The summed E-state index contributed by atoms with van der Waals surface area (Å²) in [5.74, 6) is 0.580. The lowest BCUT2D eigenvalue weighted by Gasteiger charge is -2.43. The number of hydrogen-bond acceptors (Lipinski definition) is 3. The van der Waals surface area contributed by atoms with Crippen LogP contribution in [0.3, 0.4) is 0 Å². The average Bonchev–Trinajstić information content (AvgIpc) is 2.46. The summed E-state index contributed by atoms with van der Waals surface area (Å²) >= 11 is 0. The van der Waals surface area contributed by atoms with Gasteiger partial charge in [0.25, 0.3) is 0 Å². The molecule has 1 aromatic rings. The van der Waals surface area contributed by atoms with E-state index in [0.29, 0.717) is 18.0 Å². The Morgan fingerprint density at radius 2 is 1.90 bits per heavy atom. The van der Waals surface area contributed by atoms with Gasteiger partial charge in [0.1, 0.15) is 0 Å². The molecule has 112 valence electrons. The van der Waals surface area contributed by atoms with Gasteiger partial charge in [-0.05, 0) is 63.4 Å². The Labute approximate surface area is 123 Å². The van der Waals surface area contributed by atoms with Crippen molar-refractivity contribution in [1.29, 1.82) is 0 Å². The van der Waals surface area contributed by atoms with Gasteiger partial charge in [0.15, 0.2) is 0 Å². The molecule has 0 spiro atoms. The second kappa shape index (κ2) is 6.59. The molecule has 3 heteroatoms. The van der Waals surface area contributed by atoms with E-state index >= 15 is 0 Å². The Hall–Kier alpha value is -1.06. The standard InChI is InChI=1S/C17H29N3/c1-13(2)20-11-5-6-15(12-18)17(20)14-7-9-16(10-8-14)19(3)4/h7-10,13,15,17H,5-6,11-12,18H2,1-4H3. The van der Waals surface area contributed by atoms with Crippen LogP contribution in [0.1, 0.15) is 38.3 Å². The predicted molar refractivity (Wildman–Crippen MR) is 87.1 cm³/mol. The first-order chi connectivity index (χ1) is 9.54. The minimum atomic E-state index is 0.477. The maximum absolute atomic E-state index is 6.04. The summed E-state index contributed by atoms with van der Waals surface area (Å²) < 4.78 is 0. The number of piperidine rings is 1. The van der Waals surface area contributed by atoms with E-state index in [9.17, 15) is 0 Å². The lowest BCUT2D eigenvalue weighted by atomic mass is 9.84. The van der Waals surface area contributed by atoms with Gasteiger partial charge in [-0.15, -0.1) is 0 Å². The monoisotopic (exact) mass is 275 g/mol. The zero-order valence-electron chi connectivity index (χ0n) is 13.3. The maximum Gasteiger partial charge on any atom is 0.0391 e. The molecule has 1 fully saturated rings. The third-order valence-corrected chi connectivity index (χ3v) is 4.51. The van der Waals surface area contributed by atoms with E-state index in [4.69, 9.17) is 5.73 Å². The van der Waals surface area contributed by atoms with Crippen LogP contribution < -0.4 is 10.6 Å². The number of rotatable bonds is 4. The van der Waals surface area contributed by atoms with Crippen LogP contribution in [0.2, 0.25) is 0 Å². The summed E-state index contributed by atoms with van der Waals surface area (Å²) in [7, 11) is 4.16. The van der Waals surface area contributed by atoms with Crippen molar-refractivity contribution in [1.82, 2.24) is 4.90 Å². The molecule has 1 aromatic carbocycles. The zero-order valence-corrected chi connectivity index (χ0v) is 13.3. The molecule has 0 aliphatic carbocycles. The van der Waals surface area contributed by atoms with Crippen LogP contribution in [0.15, 0.2) is 24.3 Å². The van der Waals surface area contributed by atoms with Crippen LogP contribution in [-0.2, 0) is 0 Å². The number of hydrogen-bond donors (Lipinski definition) is 1. The summed E-state index contributed by atoms with van der Waals surface area (Å²) in [5, 5.41) is 0. The smallest absolute Gasteiger partial charge is 0.0391 e. The lowest BCUT2D eigenvalue weighted by molar-refractivity contribution is 0.0665. The molecule has 2 atom stereocenters. The molecule has 2 rings (SSSR count). The number of nitrogens with two attached hydrogens (primary N) is 1. The average molecular weight is 275 g/mol. The molecule has 1 heterocycles. The van der Waals surface area contributed by atoms with Crippen LogP contribution in [-0.4, -0.2) is 38.1 Å². The van der Waals surface area contributed by atoms with Crippen LogP contribution >= 0.6 is 0 Å². The summed E-state index contributed by atoms with van der Waals surface area (Å²) in [4.78, 5) is 4.76. The first-order valence-corrected chi connectivity index (χ1v) is 7.77. The van der Waals surface area contributed by atoms with Gasteiger partial charge in [0, 0.05) is 31.9 Å². The molecule has 3 nitrogen and oxygen atoms in total. The van der Waals surface area contributed by atoms with E-state index < -0.39 is 0 Å². The van der Waals surface area contributed by atoms with Crippen molar-refractivity contribution >= 4 is 5.69 Å². The molecule has 2 N–H and O–H groups in total. The summed E-state index contributed by atoms with van der Waals surface area (Å²) in [6.07, 6.45) is 2.52. The molecular weight excluding hydrogens is 246 g/mol. The van der Waals surface area contributed by atoms with Gasteiger partial charge in [-0.1, -0.05) is 12.1 Å². The molecule has 20 heavy (non-hydrogen) atoms. The van der Waals surface area contributed by atoms with Gasteiger partial charge < -0.3 is 10.6 Å². The Kier molecular flexibility index (Phi) is 5.06. The van der Waals surface area contributed by atoms with E-state index in [1.807, 2.05) is 0 Å². The largest absolute Gasteiger partial charge is 0.378 e. The molecule has 2 unspecified atom stereocenters. The van der Waals surface area contributed by atoms with Gasteiger partial charge in [-0.25, -0.2) is 0 Å². The molecule has 0 aromatic heterocycles. The van der Waals surface area contributed by atoms with E-state index in [1.165, 1.54) is 30.6 Å². The van der Waals surface area contributed by atoms with Crippen LogP contribution in [0.5, 0.6) is 0 Å². The summed E-state index contributed by atoms with van der Waals surface area (Å²) in [6, 6.07) is 10.0. The van der Waals surface area contributed by atoms with Crippen molar-refractivity contribution in [3.05, 3.63) is 29.8 Å². The Bertz CT molecular complexity index is 411. The third kappa shape index (κ3) is 3.15. The molecule has 0 bridgehead atoms. The normalized spacial score (nSPS) is 24.1. The highest BCUT2D eigenvalue weighted by Gasteiger charge is 2.32. The number of benzene rings is 1. The highest BCUT2D eigenvalue weighted by Crippen LogP contribution is 2.37. The quantitative estimate of drug-likeness (QED) is 0.917. The van der Waals surface area contributed by atoms with Crippen molar-refractivity contribution in [2.75, 3.05) is 32.1 Å². The SMILES string of the molecule is CC(C)N1CCCC(CN)C1c1ccc(N(C)C)cc1. The van der Waals surface area contributed by atoms with Crippen LogP contribution in [0.25, 0.3) is 0 Å². The number of nitrogens with zero attached hydrogens (tertiary/aromatic N) is 2. The van der Waals surface area contributed by atoms with Crippen molar-refractivity contribution in [2.45, 2.75) is 38.8 Å². The third-order valence-electron chi connectivity index (χ3n) is 4.51. The minimum Gasteiger partial charge on any atom is -0.378 e. The second-order valence-corrected chi connectivity index (χ2v) is 6.40. The molecule has 0 saturated carbocycles. The fourth-order valence-corrected chi connectivity index (χ4v) is 3.36. The van der Waals surface area contributed by atoms with E-state index in [-0.39, 0.29) is 0 Å². The lowest BCUT2D eigenvalue weighted by Crippen LogP contribution is -2.44. The van der Waals surface area contributed by atoms with Crippen molar-refractivity contribution in [2.24, 2.45) is 11.7 Å². The molecule has 1 aliphatic heterocycles. The first-order valence-electron chi connectivity index (χ1n) is 7.77. The van der Waals surface area contributed by atoms with Gasteiger partial charge in [0.2, 0.25) is 0 Å². The number of anilines is 1. The molecule has 1 aliphatic rings. The van der Waals surface area contributed by atoms with Crippen LogP contribution in [0, 0.1) is 5.92 Å². The minimum absolute atomic E-state index is 0.477. The van der Waals surface area contributed by atoms with Crippen molar-refractivity contribution < 1.29 is 0 Å². The fraction of sp³-hybridized carbons (Fsp3) is 0.647. The van der Waals surface area contributed by atoms with Crippen LogP contribution in [0.4, 0.5) is 5.69 Å². The Balaban J connectivity index is 2.28. The highest BCUT2D eigenvalue weighted by atomic mass is 15.2. The van der Waals surface area contributed by atoms with E-state index in [0.717, 1.165) is 6.54 Å². The van der Waals surface area contributed by atoms with Gasteiger partial charge in [0.05, 0.1) is 0 Å². The van der Waals surface area contributed by atoms with Crippen molar-refractivity contribution in [3.8, 4) is 0 Å². The fourth-order valence-electron chi connectivity index (χ4n) is 3.36. The van der Waals surface area contributed by atoms with E-state index in [2.05, 4.69) is 62.0 Å². The number of likely N-dealkylation sites (tertiary alicyclic amines) is 1. The summed E-state index contributed by atoms with van der Waals surface area (Å²) in [6.45, 7) is 6.55. The van der Waals surface area contributed by atoms with E-state index in [1.54, 1.807) is 0 Å². The van der Waals surface area contributed by atoms with Gasteiger partial charge >= 0.3 is 0 Å². The Morgan fingerprint density at radius 3 is 2.40 bits per heavy atom. The first kappa shape index (κ1) is 15.3. The summed E-state index contributed by atoms with van der Waals surface area (Å²) in [5.41, 5.74) is 8.71. The Morgan fingerprint density at radius 1 is 1.25 bits per heavy atom. The van der Waals surface area contributed by atoms with Crippen molar-refractivity contribution in [3.63, 3.8) is 0 Å². The molecule has 0 radical (unpaired) electrons. The molecule has 0 amide bonds. The van der Waals surface area contributed by atoms with Gasteiger partial charge in [-0.2, -0.15) is 0 Å². The topological polar surface area (TPSA) is 32.5 Å². The maximum atomic E-state index is 6.04. The molecule has 1 saturated heterocycles. The highest BCUT2D eigenvalue weighted by molar-refractivity contribution is 5.46. The molecular formula is C17H29N3. The van der Waals surface area contributed by atoms with Gasteiger partial charge in [-0.3, -0.25) is 4.90 Å². The second-order valence-electron chi connectivity index (χ2n) is 6.40. The predicted octanol–water partition coefficient (Wildman–Crippen LogP) is 2.87.